The lowest BCUT2D eigenvalue weighted by molar-refractivity contribution is 0.0912. The summed E-state index contributed by atoms with van der Waals surface area (Å²) >= 11 is 0. The molecule has 2 rings (SSSR count). The molecule has 0 heterocycles. The smallest absolute Gasteiger partial charge is 0.257 e. The second-order valence-corrected chi connectivity index (χ2v) is 18.0. The summed E-state index contributed by atoms with van der Waals surface area (Å²) in [5.41, 5.74) is -0.875. The first kappa shape index (κ1) is 26.0. The summed E-state index contributed by atoms with van der Waals surface area (Å²) in [6.45, 7) is 11.6. The third-order valence-electron chi connectivity index (χ3n) is 4.06. The fourth-order valence-corrected chi connectivity index (χ4v) is 4.75. The van der Waals surface area contributed by atoms with E-state index in [9.17, 15) is 26.7 Å². The number of benzene rings is 2. The van der Waals surface area contributed by atoms with Crippen molar-refractivity contribution in [3.63, 3.8) is 0 Å². The number of carbonyl (C=O) groups is 1. The van der Waals surface area contributed by atoms with E-state index in [-0.39, 0.29) is 6.54 Å². The summed E-state index contributed by atoms with van der Waals surface area (Å²) in [7, 11) is -3.96. The highest BCUT2D eigenvalue weighted by Crippen LogP contribution is 2.26. The predicted octanol–water partition coefficient (Wildman–Crippen LogP) is 5.92. The zero-order valence-electron chi connectivity index (χ0n) is 18.7. The maximum absolute atomic E-state index is 13.9. The quantitative estimate of drug-likeness (QED) is 0.216. The SMILES string of the molecule is C[Si](C)(C)Oc1ccc(C(CNC(=O)c2c(F)c(F)c(F)c(F)c2F)O[Si](C)(C)C)cc1. The zero-order valence-corrected chi connectivity index (χ0v) is 20.7. The highest BCUT2D eigenvalue weighted by Gasteiger charge is 2.31. The van der Waals surface area contributed by atoms with Crippen LogP contribution in [0.4, 0.5) is 22.0 Å². The number of amides is 1. The van der Waals surface area contributed by atoms with Gasteiger partial charge >= 0.3 is 0 Å². The molecule has 0 aliphatic rings. The minimum absolute atomic E-state index is 0.239. The van der Waals surface area contributed by atoms with Crippen molar-refractivity contribution in [2.24, 2.45) is 0 Å². The number of hydrogen-bond acceptors (Lipinski definition) is 3. The van der Waals surface area contributed by atoms with E-state index in [2.05, 4.69) is 5.32 Å². The molecule has 11 heteroatoms. The highest BCUT2D eigenvalue weighted by molar-refractivity contribution is 6.70. The van der Waals surface area contributed by atoms with Crippen LogP contribution in [-0.2, 0) is 4.43 Å². The van der Waals surface area contributed by atoms with Gasteiger partial charge in [0.15, 0.2) is 31.6 Å². The lowest BCUT2D eigenvalue weighted by Crippen LogP contribution is -2.36. The minimum atomic E-state index is -2.32. The van der Waals surface area contributed by atoms with Crippen LogP contribution in [0.15, 0.2) is 24.3 Å². The fourth-order valence-electron chi connectivity index (χ4n) is 2.84. The summed E-state index contributed by atoms with van der Waals surface area (Å²) in [5, 5.41) is 2.23. The van der Waals surface area contributed by atoms with Crippen LogP contribution >= 0.6 is 0 Å². The molecule has 32 heavy (non-hydrogen) atoms. The van der Waals surface area contributed by atoms with Crippen LogP contribution in [0.1, 0.15) is 22.0 Å². The Hall–Kier alpha value is -2.25. The van der Waals surface area contributed by atoms with Crippen LogP contribution in [0.5, 0.6) is 5.75 Å². The summed E-state index contributed by atoms with van der Waals surface area (Å²) in [6.07, 6.45) is -0.701. The van der Waals surface area contributed by atoms with Gasteiger partial charge in [0.05, 0.1) is 6.10 Å². The van der Waals surface area contributed by atoms with Gasteiger partial charge in [-0.15, -0.1) is 0 Å². The second kappa shape index (κ2) is 9.71. The number of hydrogen-bond donors (Lipinski definition) is 1. The van der Waals surface area contributed by atoms with Gasteiger partial charge in [-0.2, -0.15) is 0 Å². The number of halogens is 5. The highest BCUT2D eigenvalue weighted by atomic mass is 28.4. The Bertz CT molecular complexity index is 960. The maximum Gasteiger partial charge on any atom is 0.257 e. The van der Waals surface area contributed by atoms with Crippen molar-refractivity contribution in [3.05, 3.63) is 64.5 Å². The van der Waals surface area contributed by atoms with Gasteiger partial charge in [0.25, 0.3) is 5.91 Å². The molecular weight excluding hydrogens is 465 g/mol. The molecule has 2 aromatic rings. The fraction of sp³-hybridized carbons (Fsp3) is 0.381. The van der Waals surface area contributed by atoms with E-state index in [0.717, 1.165) is 0 Å². The molecule has 0 spiro atoms. The maximum atomic E-state index is 13.9. The minimum Gasteiger partial charge on any atom is -0.544 e. The van der Waals surface area contributed by atoms with Crippen molar-refractivity contribution >= 4 is 22.5 Å². The van der Waals surface area contributed by atoms with E-state index in [0.29, 0.717) is 11.3 Å². The summed E-state index contributed by atoms with van der Waals surface area (Å²) in [5.74, 6) is -11.8. The standard InChI is InChI=1S/C21H26F5NO3Si2/c1-31(2,3)29-13-9-7-12(8-10-13)14(30-32(4,5)6)11-27-21(28)15-16(22)18(24)20(26)19(25)17(15)23/h7-10,14H,11H2,1-6H3,(H,27,28). The van der Waals surface area contributed by atoms with E-state index in [1.54, 1.807) is 24.3 Å². The van der Waals surface area contributed by atoms with Crippen molar-refractivity contribution < 1.29 is 35.6 Å². The first-order chi connectivity index (χ1) is 14.6. The van der Waals surface area contributed by atoms with Crippen molar-refractivity contribution in [2.75, 3.05) is 6.54 Å². The van der Waals surface area contributed by atoms with Gasteiger partial charge in [0.1, 0.15) is 11.3 Å². The first-order valence-electron chi connectivity index (χ1n) is 9.87. The topological polar surface area (TPSA) is 47.6 Å². The van der Waals surface area contributed by atoms with Crippen LogP contribution < -0.4 is 9.74 Å². The van der Waals surface area contributed by atoms with Gasteiger partial charge in [-0.1, -0.05) is 12.1 Å². The Balaban J connectivity index is 2.27. The number of carbonyl (C=O) groups excluding carboxylic acids is 1. The van der Waals surface area contributed by atoms with E-state index in [1.807, 2.05) is 39.3 Å². The number of nitrogens with one attached hydrogen (secondary N) is 1. The van der Waals surface area contributed by atoms with Gasteiger partial charge < -0.3 is 14.2 Å². The molecule has 0 saturated carbocycles. The average molecular weight is 492 g/mol. The van der Waals surface area contributed by atoms with Crippen molar-refractivity contribution in [2.45, 2.75) is 45.4 Å². The summed E-state index contributed by atoms with van der Waals surface area (Å²) in [6, 6.07) is 6.98. The Labute approximate surface area is 186 Å². The Kier molecular flexibility index (Phi) is 7.89. The van der Waals surface area contributed by atoms with Gasteiger partial charge in [0.2, 0.25) is 14.1 Å². The van der Waals surface area contributed by atoms with Crippen LogP contribution in [0.3, 0.4) is 0 Å². The van der Waals surface area contributed by atoms with E-state index in [1.165, 1.54) is 0 Å². The molecule has 1 atom stereocenters. The normalized spacial score (nSPS) is 13.1. The molecule has 1 amide bonds. The molecule has 2 aromatic carbocycles. The monoisotopic (exact) mass is 491 g/mol. The third-order valence-corrected chi connectivity index (χ3v) is 5.90. The van der Waals surface area contributed by atoms with Crippen LogP contribution in [-0.4, -0.2) is 29.1 Å². The third kappa shape index (κ3) is 6.63. The molecule has 0 aromatic heterocycles. The summed E-state index contributed by atoms with van der Waals surface area (Å²) in [4.78, 5) is 12.3. The van der Waals surface area contributed by atoms with Crippen LogP contribution in [0.2, 0.25) is 39.3 Å². The first-order valence-corrected chi connectivity index (χ1v) is 16.7. The van der Waals surface area contributed by atoms with Gasteiger partial charge in [-0.3, -0.25) is 4.79 Å². The van der Waals surface area contributed by atoms with Crippen LogP contribution in [0, 0.1) is 29.1 Å². The lowest BCUT2D eigenvalue weighted by atomic mass is 10.1. The van der Waals surface area contributed by atoms with E-state index < -0.39 is 63.3 Å². The van der Waals surface area contributed by atoms with E-state index >= 15 is 0 Å². The van der Waals surface area contributed by atoms with Crippen LogP contribution in [0.25, 0.3) is 0 Å². The molecule has 0 radical (unpaired) electrons. The van der Waals surface area contributed by atoms with Gasteiger partial charge in [-0.05, 0) is 57.0 Å². The van der Waals surface area contributed by atoms with Gasteiger partial charge in [-0.25, -0.2) is 22.0 Å². The lowest BCUT2D eigenvalue weighted by Gasteiger charge is -2.27. The molecule has 0 saturated heterocycles. The molecule has 0 bridgehead atoms. The zero-order chi connectivity index (χ0) is 24.4. The number of rotatable bonds is 8. The van der Waals surface area contributed by atoms with E-state index in [4.69, 9.17) is 8.85 Å². The second-order valence-electron chi connectivity index (χ2n) is 9.16. The van der Waals surface area contributed by atoms with Gasteiger partial charge in [0, 0.05) is 6.54 Å². The molecule has 0 fully saturated rings. The molecular formula is C21H26F5NO3Si2. The summed E-state index contributed by atoms with van der Waals surface area (Å²) < 4.78 is 80.0. The van der Waals surface area contributed by atoms with Crippen molar-refractivity contribution in [1.82, 2.24) is 5.32 Å². The largest absolute Gasteiger partial charge is 0.544 e. The Morgan fingerprint density at radius 2 is 1.28 bits per heavy atom. The molecule has 0 aliphatic carbocycles. The van der Waals surface area contributed by atoms with Crippen molar-refractivity contribution in [1.29, 1.82) is 0 Å². The average Bonchev–Trinajstić information content (AvgIpc) is 2.67. The molecule has 176 valence electrons. The molecule has 0 aliphatic heterocycles. The Morgan fingerprint density at radius 3 is 1.72 bits per heavy atom. The van der Waals surface area contributed by atoms with Crippen molar-refractivity contribution in [3.8, 4) is 5.75 Å². The Morgan fingerprint density at radius 1 is 0.812 bits per heavy atom. The molecule has 4 nitrogen and oxygen atoms in total. The molecule has 1 N–H and O–H groups in total. The molecule has 1 unspecified atom stereocenters. The predicted molar refractivity (Wildman–Crippen MR) is 116 cm³/mol.